The number of H-pyrrole nitrogens is 1. The molecule has 2 aromatic rings. The van der Waals surface area contributed by atoms with Crippen molar-refractivity contribution in [1.29, 1.82) is 0 Å². The average Bonchev–Trinajstić information content (AvgIpc) is 3.01. The van der Waals surface area contributed by atoms with Crippen LogP contribution in [0.4, 0.5) is 0 Å². The van der Waals surface area contributed by atoms with Crippen LogP contribution in [-0.2, 0) is 13.1 Å². The standard InChI is InChI=1S/C14H16N4O3/c1-8-11(9(2)16-12(8)14(20)21)13(19)18-6-5-17-4-3-15-10(17)7-18/h3-4,16H,5-7H2,1-2H3,(H,20,21). The Morgan fingerprint density at radius 3 is 2.76 bits per heavy atom. The summed E-state index contributed by atoms with van der Waals surface area (Å²) in [7, 11) is 0. The first-order valence-electron chi connectivity index (χ1n) is 6.70. The molecule has 3 heterocycles. The summed E-state index contributed by atoms with van der Waals surface area (Å²) >= 11 is 0. The molecule has 0 spiro atoms. The maximum atomic E-state index is 12.7. The fraction of sp³-hybridized carbons (Fsp3) is 0.357. The number of imidazole rings is 1. The maximum absolute atomic E-state index is 12.7. The van der Waals surface area contributed by atoms with E-state index in [9.17, 15) is 9.59 Å². The number of aromatic nitrogens is 3. The van der Waals surface area contributed by atoms with E-state index in [2.05, 4.69) is 9.97 Å². The summed E-state index contributed by atoms with van der Waals surface area (Å²) in [6.07, 6.45) is 3.62. The highest BCUT2D eigenvalue weighted by atomic mass is 16.4. The van der Waals surface area contributed by atoms with E-state index >= 15 is 0 Å². The van der Waals surface area contributed by atoms with Gasteiger partial charge in [0.05, 0.1) is 12.1 Å². The Balaban J connectivity index is 1.92. The largest absolute Gasteiger partial charge is 0.477 e. The molecule has 2 N–H and O–H groups in total. The number of amides is 1. The van der Waals surface area contributed by atoms with Crippen molar-refractivity contribution in [2.45, 2.75) is 26.9 Å². The maximum Gasteiger partial charge on any atom is 0.352 e. The predicted octanol–water partition coefficient (Wildman–Crippen LogP) is 1.18. The van der Waals surface area contributed by atoms with E-state index in [0.717, 1.165) is 5.82 Å². The zero-order valence-electron chi connectivity index (χ0n) is 11.9. The van der Waals surface area contributed by atoms with E-state index in [1.54, 1.807) is 24.9 Å². The fourth-order valence-corrected chi connectivity index (χ4v) is 2.79. The Hall–Kier alpha value is -2.57. The molecule has 3 rings (SSSR count). The Labute approximate surface area is 121 Å². The number of carboxylic acids is 1. The molecule has 0 aromatic carbocycles. The van der Waals surface area contributed by atoms with Crippen molar-refractivity contribution in [3.63, 3.8) is 0 Å². The third-order valence-corrected chi connectivity index (χ3v) is 3.90. The van der Waals surface area contributed by atoms with Gasteiger partial charge >= 0.3 is 5.97 Å². The van der Waals surface area contributed by atoms with Crippen LogP contribution >= 0.6 is 0 Å². The van der Waals surface area contributed by atoms with E-state index in [-0.39, 0.29) is 11.6 Å². The molecule has 1 amide bonds. The summed E-state index contributed by atoms with van der Waals surface area (Å²) in [5.74, 6) is -0.356. The van der Waals surface area contributed by atoms with Crippen LogP contribution in [0.5, 0.6) is 0 Å². The van der Waals surface area contributed by atoms with Gasteiger partial charge in [-0.2, -0.15) is 0 Å². The molecular weight excluding hydrogens is 272 g/mol. The molecule has 1 aliphatic rings. The van der Waals surface area contributed by atoms with Gasteiger partial charge in [-0.3, -0.25) is 4.79 Å². The topological polar surface area (TPSA) is 91.2 Å². The molecule has 0 saturated carbocycles. The first-order valence-corrected chi connectivity index (χ1v) is 6.70. The molecule has 7 heteroatoms. The van der Waals surface area contributed by atoms with Crippen LogP contribution < -0.4 is 0 Å². The summed E-state index contributed by atoms with van der Waals surface area (Å²) in [4.78, 5) is 32.5. The van der Waals surface area contributed by atoms with Crippen LogP contribution in [0.3, 0.4) is 0 Å². The molecular formula is C14H16N4O3. The molecule has 110 valence electrons. The highest BCUT2D eigenvalue weighted by molar-refractivity contribution is 6.00. The summed E-state index contributed by atoms with van der Waals surface area (Å²) in [6.45, 7) is 5.12. The molecule has 21 heavy (non-hydrogen) atoms. The molecule has 0 aliphatic carbocycles. The minimum atomic E-state index is -1.05. The minimum absolute atomic E-state index is 0.0781. The lowest BCUT2D eigenvalue weighted by atomic mass is 10.1. The highest BCUT2D eigenvalue weighted by Crippen LogP contribution is 2.22. The molecule has 7 nitrogen and oxygen atoms in total. The quantitative estimate of drug-likeness (QED) is 0.868. The van der Waals surface area contributed by atoms with Gasteiger partial charge in [0.2, 0.25) is 0 Å². The number of carbonyl (C=O) groups excluding carboxylic acids is 1. The molecule has 0 saturated heterocycles. The zero-order chi connectivity index (χ0) is 15.1. The molecule has 0 bridgehead atoms. The number of hydrogen-bond donors (Lipinski definition) is 2. The monoisotopic (exact) mass is 288 g/mol. The van der Waals surface area contributed by atoms with Crippen molar-refractivity contribution in [1.82, 2.24) is 19.4 Å². The van der Waals surface area contributed by atoms with Crippen molar-refractivity contribution >= 4 is 11.9 Å². The lowest BCUT2D eigenvalue weighted by Gasteiger charge is -2.28. The first kappa shape index (κ1) is 13.4. The zero-order valence-corrected chi connectivity index (χ0v) is 11.9. The summed E-state index contributed by atoms with van der Waals surface area (Å²) in [6, 6.07) is 0. The van der Waals surface area contributed by atoms with Gasteiger partial charge in [0.15, 0.2) is 0 Å². The predicted molar refractivity (Wildman–Crippen MR) is 74.2 cm³/mol. The van der Waals surface area contributed by atoms with Gasteiger partial charge in [0.25, 0.3) is 5.91 Å². The number of carboxylic acid groups (broad SMARTS) is 1. The lowest BCUT2D eigenvalue weighted by Crippen LogP contribution is -2.38. The van der Waals surface area contributed by atoms with Crippen molar-refractivity contribution in [3.05, 3.63) is 40.7 Å². The second-order valence-electron chi connectivity index (χ2n) is 5.19. The lowest BCUT2D eigenvalue weighted by molar-refractivity contribution is 0.0690. The normalized spacial score (nSPS) is 14.1. The number of aromatic amines is 1. The number of carbonyl (C=O) groups is 2. The number of rotatable bonds is 2. The van der Waals surface area contributed by atoms with Crippen LogP contribution in [0, 0.1) is 13.8 Å². The summed E-state index contributed by atoms with van der Waals surface area (Å²) in [5, 5.41) is 9.13. The van der Waals surface area contributed by atoms with Gasteiger partial charge in [0.1, 0.15) is 11.5 Å². The first-order chi connectivity index (χ1) is 9.99. The van der Waals surface area contributed by atoms with Gasteiger partial charge in [0, 0.05) is 31.2 Å². The number of aromatic carboxylic acids is 1. The van der Waals surface area contributed by atoms with Crippen LogP contribution in [0.2, 0.25) is 0 Å². The Kier molecular flexibility index (Phi) is 3.04. The number of fused-ring (bicyclic) bond motifs is 1. The number of aryl methyl sites for hydroxylation is 1. The molecule has 0 atom stereocenters. The second kappa shape index (κ2) is 4.76. The SMILES string of the molecule is Cc1[nH]c(C(=O)O)c(C)c1C(=O)N1CCn2ccnc2C1. The van der Waals surface area contributed by atoms with Crippen molar-refractivity contribution in [2.75, 3.05) is 6.54 Å². The Morgan fingerprint density at radius 1 is 1.33 bits per heavy atom. The molecule has 0 unspecified atom stereocenters. The van der Waals surface area contributed by atoms with E-state index in [1.807, 2.05) is 10.8 Å². The molecule has 2 aromatic heterocycles. The number of nitrogens with one attached hydrogen (secondary N) is 1. The van der Waals surface area contributed by atoms with Gasteiger partial charge in [-0.05, 0) is 19.4 Å². The number of nitrogens with zero attached hydrogens (tertiary/aromatic N) is 3. The van der Waals surface area contributed by atoms with Crippen LogP contribution in [0.15, 0.2) is 12.4 Å². The third-order valence-electron chi connectivity index (χ3n) is 3.90. The second-order valence-corrected chi connectivity index (χ2v) is 5.19. The van der Waals surface area contributed by atoms with Crippen LogP contribution in [0.25, 0.3) is 0 Å². The van der Waals surface area contributed by atoms with E-state index in [1.165, 1.54) is 0 Å². The minimum Gasteiger partial charge on any atom is -0.477 e. The molecule has 1 aliphatic heterocycles. The Bertz CT molecular complexity index is 729. The van der Waals surface area contributed by atoms with E-state index in [0.29, 0.717) is 36.5 Å². The Morgan fingerprint density at radius 2 is 2.10 bits per heavy atom. The van der Waals surface area contributed by atoms with Crippen LogP contribution in [0.1, 0.15) is 37.9 Å². The molecule has 0 radical (unpaired) electrons. The number of hydrogen-bond acceptors (Lipinski definition) is 3. The van der Waals surface area contributed by atoms with Gasteiger partial charge in [-0.1, -0.05) is 0 Å². The van der Waals surface area contributed by atoms with Crippen molar-refractivity contribution in [3.8, 4) is 0 Å². The molecule has 0 fully saturated rings. The van der Waals surface area contributed by atoms with Crippen molar-refractivity contribution in [2.24, 2.45) is 0 Å². The van der Waals surface area contributed by atoms with Crippen LogP contribution in [-0.4, -0.2) is 43.0 Å². The van der Waals surface area contributed by atoms with E-state index in [4.69, 9.17) is 5.11 Å². The van der Waals surface area contributed by atoms with Gasteiger partial charge < -0.3 is 19.6 Å². The fourth-order valence-electron chi connectivity index (χ4n) is 2.79. The van der Waals surface area contributed by atoms with Gasteiger partial charge in [-0.25, -0.2) is 9.78 Å². The van der Waals surface area contributed by atoms with E-state index < -0.39 is 5.97 Å². The highest BCUT2D eigenvalue weighted by Gasteiger charge is 2.28. The third kappa shape index (κ3) is 2.10. The van der Waals surface area contributed by atoms with Crippen molar-refractivity contribution < 1.29 is 14.7 Å². The average molecular weight is 288 g/mol. The van der Waals surface area contributed by atoms with Gasteiger partial charge in [-0.15, -0.1) is 0 Å². The summed E-state index contributed by atoms with van der Waals surface area (Å²) < 4.78 is 2.02. The summed E-state index contributed by atoms with van der Waals surface area (Å²) in [5.41, 5.74) is 1.60. The smallest absolute Gasteiger partial charge is 0.352 e.